The molecule has 0 saturated carbocycles. The number of carbonyl (C=O) groups excluding carboxylic acids is 2. The molecular weight excluding hydrogens is 547 g/mol. The summed E-state index contributed by atoms with van der Waals surface area (Å²) in [4.78, 5) is 70.1. The summed E-state index contributed by atoms with van der Waals surface area (Å²) in [6, 6.07) is 13.2. The van der Waals surface area contributed by atoms with E-state index in [-0.39, 0.29) is 18.6 Å². The van der Waals surface area contributed by atoms with E-state index in [0.717, 1.165) is 5.56 Å². The first-order valence-corrected chi connectivity index (χ1v) is 14.2. The lowest BCUT2D eigenvalue weighted by atomic mass is 10.1. The van der Waals surface area contributed by atoms with Crippen molar-refractivity contribution in [2.75, 3.05) is 24.3 Å². The Balaban J connectivity index is 1.95. The summed E-state index contributed by atoms with van der Waals surface area (Å²) in [6.45, 7) is 0.0706. The number of hydrogen-bond donors (Lipinski definition) is 5. The Morgan fingerprint density at radius 1 is 0.925 bits per heavy atom. The normalized spacial score (nSPS) is 13.8. The molecule has 2 rings (SSSR count). The highest BCUT2D eigenvalue weighted by molar-refractivity contribution is 7.58. The molecule has 0 bridgehead atoms. The molecule has 0 radical (unpaired) electrons. The van der Waals surface area contributed by atoms with Gasteiger partial charge in [0.15, 0.2) is 0 Å². The van der Waals surface area contributed by atoms with Crippen molar-refractivity contribution in [2.45, 2.75) is 31.9 Å². The van der Waals surface area contributed by atoms with Crippen LogP contribution in [0.4, 0.5) is 10.5 Å². The van der Waals surface area contributed by atoms with Gasteiger partial charge in [0.1, 0.15) is 12.6 Å². The maximum Gasteiger partial charge on any atom is 0.414 e. The number of nitrogens with one attached hydrogen (secondary N) is 1. The van der Waals surface area contributed by atoms with E-state index in [4.69, 9.17) is 9.84 Å². The molecule has 0 saturated heterocycles. The molecule has 0 fully saturated rings. The van der Waals surface area contributed by atoms with Gasteiger partial charge in [-0.2, -0.15) is 0 Å². The lowest BCUT2D eigenvalue weighted by molar-refractivity contribution is -0.142. The van der Waals surface area contributed by atoms with Crippen molar-refractivity contribution < 1.29 is 53.5 Å². The summed E-state index contributed by atoms with van der Waals surface area (Å²) < 4.78 is 17.8. The molecule has 2 aromatic carbocycles. The highest BCUT2D eigenvalue weighted by atomic mass is 31.2. The van der Waals surface area contributed by atoms with E-state index >= 15 is 0 Å². The molecule has 216 valence electrons. The number of rotatable bonds is 15. The van der Waals surface area contributed by atoms with Crippen molar-refractivity contribution in [3.63, 3.8) is 0 Å². The summed E-state index contributed by atoms with van der Waals surface area (Å²) in [5.74, 6) is -6.33. The first-order valence-electron chi connectivity index (χ1n) is 12.1. The van der Waals surface area contributed by atoms with E-state index in [1.807, 2.05) is 18.2 Å². The number of aliphatic carboxylic acids is 3. The molecule has 14 heteroatoms. The van der Waals surface area contributed by atoms with Crippen LogP contribution in [0.5, 0.6) is 0 Å². The number of carboxylic acid groups (broad SMARTS) is 3. The summed E-state index contributed by atoms with van der Waals surface area (Å²) in [5.41, 5.74) is 1.27. The van der Waals surface area contributed by atoms with Crippen LogP contribution in [0, 0.1) is 5.92 Å². The van der Waals surface area contributed by atoms with Crippen molar-refractivity contribution in [3.05, 3.63) is 65.7 Å². The highest BCUT2D eigenvalue weighted by Crippen LogP contribution is 2.44. The molecule has 40 heavy (non-hydrogen) atoms. The Kier molecular flexibility index (Phi) is 11.8. The van der Waals surface area contributed by atoms with Gasteiger partial charge in [0, 0.05) is 37.0 Å². The Bertz CT molecular complexity index is 1250. The topological polar surface area (TPSA) is 208 Å². The second kappa shape index (κ2) is 14.8. The molecule has 0 aromatic heterocycles. The van der Waals surface area contributed by atoms with Crippen molar-refractivity contribution in [3.8, 4) is 0 Å². The molecule has 3 atom stereocenters. The zero-order valence-corrected chi connectivity index (χ0v) is 22.5. The number of hydrogen-bond acceptors (Lipinski definition) is 7. The predicted octanol–water partition coefficient (Wildman–Crippen LogP) is 2.87. The smallest absolute Gasteiger partial charge is 0.414 e. The van der Waals surface area contributed by atoms with Gasteiger partial charge in [0.2, 0.25) is 7.37 Å². The SMILES string of the molecule is CN(C(=O)OCc1ccccc1)c1ccc(C(=O)N[C@@H](CCP(=O)(O)CC(CCC(=O)O)C(=O)O)C(=O)O)cc1. The largest absolute Gasteiger partial charge is 0.481 e. The third-order valence-corrected chi connectivity index (χ3v) is 7.90. The van der Waals surface area contributed by atoms with Crippen LogP contribution in [0.2, 0.25) is 0 Å². The molecule has 0 heterocycles. The number of nitrogens with zero attached hydrogens (tertiary/aromatic N) is 1. The van der Waals surface area contributed by atoms with Crippen LogP contribution in [-0.4, -0.2) is 75.5 Å². The van der Waals surface area contributed by atoms with Crippen molar-refractivity contribution in [1.82, 2.24) is 5.32 Å². The van der Waals surface area contributed by atoms with Gasteiger partial charge in [-0.1, -0.05) is 30.3 Å². The summed E-state index contributed by atoms with van der Waals surface area (Å²) in [6.07, 6.45) is -3.28. The number of amides is 2. The fraction of sp³-hybridized carbons (Fsp3) is 0.346. The minimum atomic E-state index is -4.16. The van der Waals surface area contributed by atoms with Crippen LogP contribution < -0.4 is 10.2 Å². The molecule has 13 nitrogen and oxygen atoms in total. The number of anilines is 1. The molecule has 2 amide bonds. The van der Waals surface area contributed by atoms with Crippen LogP contribution in [0.25, 0.3) is 0 Å². The van der Waals surface area contributed by atoms with Crippen molar-refractivity contribution in [2.24, 2.45) is 5.92 Å². The fourth-order valence-corrected chi connectivity index (χ4v) is 5.49. The van der Waals surface area contributed by atoms with Crippen molar-refractivity contribution >= 4 is 43.0 Å². The number of carboxylic acids is 3. The molecule has 0 aliphatic carbocycles. The molecular formula is C26H31N2O11P. The van der Waals surface area contributed by atoms with E-state index in [9.17, 15) is 43.6 Å². The summed E-state index contributed by atoms with van der Waals surface area (Å²) >= 11 is 0. The van der Waals surface area contributed by atoms with E-state index in [0.29, 0.717) is 5.69 Å². The van der Waals surface area contributed by atoms with Crippen LogP contribution >= 0.6 is 7.37 Å². The maximum absolute atomic E-state index is 12.6. The zero-order valence-electron chi connectivity index (χ0n) is 21.6. The first kappa shape index (κ1) is 32.0. The maximum atomic E-state index is 12.6. The second-order valence-electron chi connectivity index (χ2n) is 9.02. The van der Waals surface area contributed by atoms with Gasteiger partial charge in [0.05, 0.1) is 5.92 Å². The van der Waals surface area contributed by atoms with Gasteiger partial charge in [0.25, 0.3) is 5.91 Å². The monoisotopic (exact) mass is 578 g/mol. The Labute approximate surface area is 229 Å². The quantitative estimate of drug-likeness (QED) is 0.194. The van der Waals surface area contributed by atoms with E-state index in [1.54, 1.807) is 12.1 Å². The van der Waals surface area contributed by atoms with Gasteiger partial charge < -0.3 is 30.3 Å². The van der Waals surface area contributed by atoms with E-state index in [2.05, 4.69) is 5.32 Å². The minimum Gasteiger partial charge on any atom is -0.481 e. The number of benzene rings is 2. The highest BCUT2D eigenvalue weighted by Gasteiger charge is 2.31. The Morgan fingerprint density at radius 2 is 1.55 bits per heavy atom. The minimum absolute atomic E-state index is 0.0628. The third kappa shape index (κ3) is 10.5. The standard InChI is InChI=1S/C26H31N2O11P/c1-28(26(36)39-15-17-5-3-2-4-6-17)20-10-7-18(8-11-20)23(31)27-21(25(34)35)13-14-40(37,38)16-19(24(32)33)9-12-22(29)30/h2-8,10-11,19,21H,9,12-16H2,1H3,(H,27,31)(H,29,30)(H,32,33)(H,34,35)(H,37,38)/t19?,21-/m0/s1. The molecule has 0 aliphatic heterocycles. The van der Waals surface area contributed by atoms with Gasteiger partial charge in [-0.15, -0.1) is 0 Å². The van der Waals surface area contributed by atoms with Gasteiger partial charge >= 0.3 is 24.0 Å². The molecule has 2 unspecified atom stereocenters. The average molecular weight is 579 g/mol. The summed E-state index contributed by atoms with van der Waals surface area (Å²) in [5, 5.41) is 29.7. The van der Waals surface area contributed by atoms with Gasteiger partial charge in [-0.25, -0.2) is 9.59 Å². The van der Waals surface area contributed by atoms with E-state index < -0.39 is 74.4 Å². The molecule has 0 spiro atoms. The fourth-order valence-electron chi connectivity index (χ4n) is 3.61. The lowest BCUT2D eigenvalue weighted by Crippen LogP contribution is -2.41. The van der Waals surface area contributed by atoms with Crippen LogP contribution in [0.15, 0.2) is 54.6 Å². The van der Waals surface area contributed by atoms with E-state index in [1.165, 1.54) is 36.2 Å². The first-order chi connectivity index (χ1) is 18.8. The average Bonchev–Trinajstić information content (AvgIpc) is 2.91. The third-order valence-electron chi connectivity index (χ3n) is 5.93. The number of carbonyl (C=O) groups is 5. The van der Waals surface area contributed by atoms with Crippen LogP contribution in [0.1, 0.15) is 35.2 Å². The Morgan fingerprint density at radius 3 is 2.10 bits per heavy atom. The van der Waals surface area contributed by atoms with Gasteiger partial charge in [-0.05, 0) is 42.7 Å². The molecule has 2 aromatic rings. The van der Waals surface area contributed by atoms with Crippen molar-refractivity contribution in [1.29, 1.82) is 0 Å². The van der Waals surface area contributed by atoms with Gasteiger partial charge in [-0.3, -0.25) is 23.8 Å². The zero-order chi connectivity index (χ0) is 29.9. The summed E-state index contributed by atoms with van der Waals surface area (Å²) in [7, 11) is -2.68. The second-order valence-corrected chi connectivity index (χ2v) is 11.5. The molecule has 5 N–H and O–H groups in total. The lowest BCUT2D eigenvalue weighted by Gasteiger charge is -2.20. The number of ether oxygens (including phenoxy) is 1. The Hall–Kier alpha value is -4.22. The van der Waals surface area contributed by atoms with Crippen LogP contribution in [0.3, 0.4) is 0 Å². The molecule has 0 aliphatic rings. The predicted molar refractivity (Wildman–Crippen MR) is 143 cm³/mol. The van der Waals surface area contributed by atoms with Crippen LogP contribution in [-0.2, 0) is 30.3 Å².